The maximum Gasteiger partial charge on any atom is 0.307 e. The lowest BCUT2D eigenvalue weighted by Gasteiger charge is -2.19. The van der Waals surface area contributed by atoms with Crippen molar-refractivity contribution in [2.24, 2.45) is 23.7 Å². The van der Waals surface area contributed by atoms with Gasteiger partial charge >= 0.3 is 11.9 Å². The summed E-state index contributed by atoms with van der Waals surface area (Å²) in [6.45, 7) is 2.88. The second kappa shape index (κ2) is 10.9. The molecule has 2 aromatic carbocycles. The van der Waals surface area contributed by atoms with Crippen LogP contribution in [0.2, 0.25) is 0 Å². The van der Waals surface area contributed by atoms with E-state index in [4.69, 9.17) is 0 Å². The quantitative estimate of drug-likeness (QED) is 0.390. The van der Waals surface area contributed by atoms with Gasteiger partial charge in [-0.1, -0.05) is 24.3 Å². The molecule has 4 atom stereocenters. The van der Waals surface area contributed by atoms with Crippen molar-refractivity contribution in [2.45, 2.75) is 35.5 Å². The normalized spacial score (nSPS) is 22.1. The fraction of sp³-hybridized carbons (Fsp3) is 0.462. The smallest absolute Gasteiger partial charge is 0.307 e. The number of sulfone groups is 1. The number of carboxylic acids is 2. The first-order valence-electron chi connectivity index (χ1n) is 12.1. The Bertz CT molecular complexity index is 1080. The SMILES string of the molecule is O=C(O)[C@@H](Cc1cccc(S(=O)(=O)c2cccc(C[C@H](C(=O)O)[C@H]3CCNC3)c2)c1)[C@H]1CCNC1. The van der Waals surface area contributed by atoms with Crippen LogP contribution in [0.3, 0.4) is 0 Å². The summed E-state index contributed by atoms with van der Waals surface area (Å²) in [5.74, 6) is -2.87. The van der Waals surface area contributed by atoms with Crippen molar-refractivity contribution in [1.29, 1.82) is 0 Å². The van der Waals surface area contributed by atoms with E-state index < -0.39 is 33.6 Å². The maximum atomic E-state index is 13.4. The van der Waals surface area contributed by atoms with Crippen LogP contribution in [0.5, 0.6) is 0 Å². The number of rotatable bonds is 10. The summed E-state index contributed by atoms with van der Waals surface area (Å²) in [6, 6.07) is 13.0. The molecule has 0 amide bonds. The molecule has 0 bridgehead atoms. The zero-order valence-electron chi connectivity index (χ0n) is 19.5. The Morgan fingerprint density at radius 2 is 1.23 bits per heavy atom. The van der Waals surface area contributed by atoms with E-state index in [1.807, 2.05) is 0 Å². The molecule has 2 aliphatic heterocycles. The van der Waals surface area contributed by atoms with Gasteiger partial charge in [-0.2, -0.15) is 0 Å². The number of nitrogens with one attached hydrogen (secondary N) is 2. The Balaban J connectivity index is 1.55. The molecule has 0 aliphatic carbocycles. The molecule has 2 saturated heterocycles. The minimum absolute atomic E-state index is 0.0155. The van der Waals surface area contributed by atoms with Crippen LogP contribution in [0.25, 0.3) is 0 Å². The zero-order valence-corrected chi connectivity index (χ0v) is 20.3. The van der Waals surface area contributed by atoms with Crippen molar-refractivity contribution >= 4 is 21.8 Å². The first-order chi connectivity index (χ1) is 16.8. The van der Waals surface area contributed by atoms with E-state index in [1.165, 1.54) is 12.1 Å². The highest BCUT2D eigenvalue weighted by Crippen LogP contribution is 2.29. The van der Waals surface area contributed by atoms with Gasteiger partial charge in [-0.15, -0.1) is 0 Å². The average Bonchev–Trinajstić information content (AvgIpc) is 3.56. The van der Waals surface area contributed by atoms with Crippen molar-refractivity contribution in [3.05, 3.63) is 59.7 Å². The van der Waals surface area contributed by atoms with E-state index in [-0.39, 0.29) is 34.5 Å². The second-order valence-corrected chi connectivity index (χ2v) is 11.6. The summed E-state index contributed by atoms with van der Waals surface area (Å²) in [6.07, 6.45) is 2.10. The predicted octanol–water partition coefficient (Wildman–Crippen LogP) is 2.22. The van der Waals surface area contributed by atoms with Crippen molar-refractivity contribution in [3.8, 4) is 0 Å². The maximum absolute atomic E-state index is 13.4. The lowest BCUT2D eigenvalue weighted by atomic mass is 9.86. The van der Waals surface area contributed by atoms with Gasteiger partial charge in [0.15, 0.2) is 0 Å². The van der Waals surface area contributed by atoms with Crippen LogP contribution >= 0.6 is 0 Å². The van der Waals surface area contributed by atoms with Crippen molar-refractivity contribution in [2.75, 3.05) is 26.2 Å². The minimum Gasteiger partial charge on any atom is -0.481 e. The van der Waals surface area contributed by atoms with Gasteiger partial charge in [-0.3, -0.25) is 9.59 Å². The van der Waals surface area contributed by atoms with Crippen molar-refractivity contribution in [1.82, 2.24) is 10.6 Å². The van der Waals surface area contributed by atoms with Crippen LogP contribution < -0.4 is 10.6 Å². The molecular weight excluding hydrogens is 468 g/mol. The first-order valence-corrected chi connectivity index (χ1v) is 13.5. The highest BCUT2D eigenvalue weighted by atomic mass is 32.2. The Labute approximate surface area is 205 Å². The third-order valence-electron chi connectivity index (χ3n) is 7.30. The van der Waals surface area contributed by atoms with E-state index in [9.17, 15) is 28.2 Å². The number of hydrogen-bond donors (Lipinski definition) is 4. The second-order valence-electron chi connectivity index (χ2n) is 9.60. The number of aliphatic carboxylic acids is 2. The van der Waals surface area contributed by atoms with Gasteiger partial charge in [-0.05, 0) is 99.1 Å². The molecular formula is C26H32N2O6S. The lowest BCUT2D eigenvalue weighted by Crippen LogP contribution is -2.27. The molecule has 0 unspecified atom stereocenters. The molecule has 2 aliphatic rings. The molecule has 8 nitrogen and oxygen atoms in total. The van der Waals surface area contributed by atoms with E-state index in [1.54, 1.807) is 36.4 Å². The van der Waals surface area contributed by atoms with E-state index in [0.29, 0.717) is 24.2 Å². The Morgan fingerprint density at radius 1 is 0.800 bits per heavy atom. The molecule has 0 radical (unpaired) electrons. The highest BCUT2D eigenvalue weighted by Gasteiger charge is 2.32. The van der Waals surface area contributed by atoms with Gasteiger partial charge in [0.1, 0.15) is 0 Å². The minimum atomic E-state index is -3.85. The van der Waals surface area contributed by atoms with Crippen molar-refractivity contribution < 1.29 is 28.2 Å². The van der Waals surface area contributed by atoms with E-state index in [0.717, 1.165) is 25.9 Å². The highest BCUT2D eigenvalue weighted by molar-refractivity contribution is 7.91. The van der Waals surface area contributed by atoms with Gasteiger partial charge in [-0.25, -0.2) is 8.42 Å². The fourth-order valence-electron chi connectivity index (χ4n) is 5.28. The molecule has 0 spiro atoms. The molecule has 2 heterocycles. The molecule has 4 N–H and O–H groups in total. The molecule has 9 heteroatoms. The number of benzene rings is 2. The van der Waals surface area contributed by atoms with Gasteiger partial charge in [0.2, 0.25) is 9.84 Å². The molecule has 0 aromatic heterocycles. The summed E-state index contributed by atoms with van der Waals surface area (Å²) < 4.78 is 26.9. The molecule has 188 valence electrons. The third kappa shape index (κ3) is 5.91. The van der Waals surface area contributed by atoms with Gasteiger partial charge in [0.05, 0.1) is 21.6 Å². The number of hydrogen-bond acceptors (Lipinski definition) is 6. The van der Waals surface area contributed by atoms with Crippen LogP contribution in [0, 0.1) is 23.7 Å². The molecule has 4 rings (SSSR count). The van der Waals surface area contributed by atoms with Gasteiger partial charge in [0.25, 0.3) is 0 Å². The van der Waals surface area contributed by atoms with Crippen LogP contribution in [0.15, 0.2) is 58.3 Å². The van der Waals surface area contributed by atoms with Gasteiger partial charge in [0, 0.05) is 0 Å². The first kappa shape index (κ1) is 25.3. The Kier molecular flexibility index (Phi) is 7.88. The fourth-order valence-corrected chi connectivity index (χ4v) is 6.68. The van der Waals surface area contributed by atoms with Gasteiger partial charge < -0.3 is 20.8 Å². The molecule has 2 aromatic rings. The summed E-state index contributed by atoms with van der Waals surface area (Å²) in [5.41, 5.74) is 1.34. The lowest BCUT2D eigenvalue weighted by molar-refractivity contribution is -0.144. The summed E-state index contributed by atoms with van der Waals surface area (Å²) in [7, 11) is -3.85. The Morgan fingerprint density at radius 3 is 1.57 bits per heavy atom. The Hall–Kier alpha value is -2.75. The summed E-state index contributed by atoms with van der Waals surface area (Å²) >= 11 is 0. The summed E-state index contributed by atoms with van der Waals surface area (Å²) in [5, 5.41) is 25.8. The zero-order chi connectivity index (χ0) is 25.0. The van der Waals surface area contributed by atoms with Crippen LogP contribution in [-0.2, 0) is 32.3 Å². The third-order valence-corrected chi connectivity index (χ3v) is 9.05. The van der Waals surface area contributed by atoms with E-state index >= 15 is 0 Å². The largest absolute Gasteiger partial charge is 0.481 e. The average molecular weight is 501 g/mol. The van der Waals surface area contributed by atoms with Crippen molar-refractivity contribution in [3.63, 3.8) is 0 Å². The number of carboxylic acid groups (broad SMARTS) is 2. The summed E-state index contributed by atoms with van der Waals surface area (Å²) in [4.78, 5) is 24.0. The van der Waals surface area contributed by atoms with E-state index in [2.05, 4.69) is 10.6 Å². The van der Waals surface area contributed by atoms with Crippen LogP contribution in [0.1, 0.15) is 24.0 Å². The topological polar surface area (TPSA) is 133 Å². The predicted molar refractivity (Wildman–Crippen MR) is 130 cm³/mol. The molecule has 35 heavy (non-hydrogen) atoms. The monoisotopic (exact) mass is 500 g/mol. The standard InChI is InChI=1S/C26H32N2O6S/c29-25(30)23(19-7-9-27-15-19)13-17-3-1-5-21(11-17)35(33,34)22-6-2-4-18(12-22)14-24(26(31)32)20-8-10-28-16-20/h1-6,11-12,19-20,23-24,27-28H,7-10,13-16H2,(H,29,30)(H,31,32)/t19-,20-,23-,24-/m0/s1. The van der Waals surface area contributed by atoms with Crippen LogP contribution in [-0.4, -0.2) is 56.7 Å². The van der Waals surface area contributed by atoms with Crippen LogP contribution in [0.4, 0.5) is 0 Å². The molecule has 2 fully saturated rings. The molecule has 0 saturated carbocycles. The number of carbonyl (C=O) groups is 2.